The maximum atomic E-state index is 12.4. The van der Waals surface area contributed by atoms with Crippen molar-refractivity contribution in [1.29, 1.82) is 0 Å². The van der Waals surface area contributed by atoms with Gasteiger partial charge in [-0.15, -0.1) is 0 Å². The van der Waals surface area contributed by atoms with Crippen LogP contribution in [0.2, 0.25) is 0 Å². The molecule has 2 N–H and O–H groups in total. The number of amides is 1. The summed E-state index contributed by atoms with van der Waals surface area (Å²) in [5.41, 5.74) is 3.87. The Morgan fingerprint density at radius 3 is 2.56 bits per heavy atom. The number of benzene rings is 1. The van der Waals surface area contributed by atoms with Crippen LogP contribution in [0.1, 0.15) is 27.4 Å². The van der Waals surface area contributed by atoms with Gasteiger partial charge in [-0.2, -0.15) is 0 Å². The SMILES string of the molecule is Cc1ccc(Nc2nc(C)cc(C(=O)NCc3ccccn3)n2)cc1. The van der Waals surface area contributed by atoms with Gasteiger partial charge in [0.15, 0.2) is 0 Å². The van der Waals surface area contributed by atoms with Crippen molar-refractivity contribution in [2.75, 3.05) is 5.32 Å². The minimum absolute atomic E-state index is 0.261. The molecule has 0 aliphatic rings. The Bertz CT molecular complexity index is 863. The molecular formula is C19H19N5O. The number of aryl methyl sites for hydroxylation is 2. The normalized spacial score (nSPS) is 10.3. The maximum absolute atomic E-state index is 12.4. The van der Waals surface area contributed by atoms with E-state index in [1.54, 1.807) is 12.3 Å². The average Bonchev–Trinajstić information content (AvgIpc) is 2.62. The summed E-state index contributed by atoms with van der Waals surface area (Å²) in [6, 6.07) is 15.1. The molecule has 1 aromatic carbocycles. The van der Waals surface area contributed by atoms with E-state index < -0.39 is 0 Å². The van der Waals surface area contributed by atoms with Crippen LogP contribution in [0.15, 0.2) is 54.7 Å². The van der Waals surface area contributed by atoms with Gasteiger partial charge in [-0.3, -0.25) is 9.78 Å². The summed E-state index contributed by atoms with van der Waals surface area (Å²) < 4.78 is 0. The molecule has 0 saturated heterocycles. The van der Waals surface area contributed by atoms with E-state index in [1.165, 1.54) is 5.56 Å². The molecule has 6 heteroatoms. The molecule has 3 aromatic rings. The third-order valence-electron chi connectivity index (χ3n) is 3.55. The summed E-state index contributed by atoms with van der Waals surface area (Å²) in [5, 5.41) is 5.95. The Hall–Kier alpha value is -3.28. The second kappa shape index (κ2) is 7.53. The lowest BCUT2D eigenvalue weighted by Crippen LogP contribution is -2.24. The fourth-order valence-corrected chi connectivity index (χ4v) is 2.27. The molecule has 0 fully saturated rings. The van der Waals surface area contributed by atoms with Crippen LogP contribution in [0.4, 0.5) is 11.6 Å². The summed E-state index contributed by atoms with van der Waals surface area (Å²) in [4.78, 5) is 25.2. The van der Waals surface area contributed by atoms with Crippen LogP contribution in [0.25, 0.3) is 0 Å². The number of carbonyl (C=O) groups excluding carboxylic acids is 1. The molecule has 126 valence electrons. The number of pyridine rings is 1. The number of aromatic nitrogens is 3. The zero-order chi connectivity index (χ0) is 17.6. The summed E-state index contributed by atoms with van der Waals surface area (Å²) in [6.07, 6.45) is 1.69. The third-order valence-corrected chi connectivity index (χ3v) is 3.55. The van der Waals surface area contributed by atoms with E-state index in [2.05, 4.69) is 25.6 Å². The number of hydrogen-bond donors (Lipinski definition) is 2. The summed E-state index contributed by atoms with van der Waals surface area (Å²) in [7, 11) is 0. The van der Waals surface area contributed by atoms with E-state index in [9.17, 15) is 4.79 Å². The number of rotatable bonds is 5. The standard InChI is InChI=1S/C19H19N5O/c1-13-6-8-15(9-7-13)23-19-22-14(2)11-17(24-19)18(25)21-12-16-5-3-4-10-20-16/h3-11H,12H2,1-2H3,(H,21,25)(H,22,23,24). The van der Waals surface area contributed by atoms with Gasteiger partial charge in [0.05, 0.1) is 12.2 Å². The second-order valence-corrected chi connectivity index (χ2v) is 5.71. The monoisotopic (exact) mass is 333 g/mol. The molecule has 0 unspecified atom stereocenters. The lowest BCUT2D eigenvalue weighted by molar-refractivity contribution is 0.0945. The molecule has 25 heavy (non-hydrogen) atoms. The van der Waals surface area contributed by atoms with E-state index in [-0.39, 0.29) is 5.91 Å². The van der Waals surface area contributed by atoms with Crippen LogP contribution in [0.5, 0.6) is 0 Å². The number of hydrogen-bond acceptors (Lipinski definition) is 5. The largest absolute Gasteiger partial charge is 0.345 e. The van der Waals surface area contributed by atoms with E-state index >= 15 is 0 Å². The molecule has 2 aromatic heterocycles. The molecule has 0 atom stereocenters. The van der Waals surface area contributed by atoms with E-state index in [4.69, 9.17) is 0 Å². The highest BCUT2D eigenvalue weighted by atomic mass is 16.1. The number of carbonyl (C=O) groups is 1. The molecule has 0 aliphatic heterocycles. The minimum atomic E-state index is -0.261. The van der Waals surface area contributed by atoms with Crippen molar-refractivity contribution in [3.8, 4) is 0 Å². The Balaban J connectivity index is 1.72. The van der Waals surface area contributed by atoms with Crippen molar-refractivity contribution < 1.29 is 4.79 Å². The van der Waals surface area contributed by atoms with Crippen LogP contribution in [-0.4, -0.2) is 20.9 Å². The number of nitrogens with zero attached hydrogens (tertiary/aromatic N) is 3. The van der Waals surface area contributed by atoms with Crippen LogP contribution in [0.3, 0.4) is 0 Å². The van der Waals surface area contributed by atoms with Gasteiger partial charge in [0.1, 0.15) is 5.69 Å². The van der Waals surface area contributed by atoms with Crippen LogP contribution in [-0.2, 0) is 6.54 Å². The molecule has 0 saturated carbocycles. The summed E-state index contributed by atoms with van der Waals surface area (Å²) in [5.74, 6) is 0.134. The highest BCUT2D eigenvalue weighted by Crippen LogP contribution is 2.14. The van der Waals surface area contributed by atoms with Crippen LogP contribution >= 0.6 is 0 Å². The van der Waals surface area contributed by atoms with E-state index in [0.29, 0.717) is 23.9 Å². The summed E-state index contributed by atoms with van der Waals surface area (Å²) in [6.45, 7) is 4.21. The van der Waals surface area contributed by atoms with Crippen molar-refractivity contribution in [2.45, 2.75) is 20.4 Å². The van der Waals surface area contributed by atoms with Crippen molar-refractivity contribution >= 4 is 17.5 Å². The quantitative estimate of drug-likeness (QED) is 0.750. The second-order valence-electron chi connectivity index (χ2n) is 5.71. The van der Waals surface area contributed by atoms with Gasteiger partial charge < -0.3 is 10.6 Å². The molecule has 3 rings (SSSR count). The third kappa shape index (κ3) is 4.60. The zero-order valence-electron chi connectivity index (χ0n) is 14.2. The molecule has 1 amide bonds. The first kappa shape index (κ1) is 16.6. The topological polar surface area (TPSA) is 79.8 Å². The zero-order valence-corrected chi connectivity index (χ0v) is 14.2. The molecule has 0 aliphatic carbocycles. The van der Waals surface area contributed by atoms with Gasteiger partial charge in [0, 0.05) is 17.6 Å². The lowest BCUT2D eigenvalue weighted by Gasteiger charge is -2.09. The minimum Gasteiger partial charge on any atom is -0.345 e. The molecule has 0 spiro atoms. The molecule has 0 radical (unpaired) electrons. The van der Waals surface area contributed by atoms with Gasteiger partial charge >= 0.3 is 0 Å². The smallest absolute Gasteiger partial charge is 0.270 e. The highest BCUT2D eigenvalue weighted by Gasteiger charge is 2.11. The molecular weight excluding hydrogens is 314 g/mol. The van der Waals surface area contributed by atoms with Crippen molar-refractivity contribution in [3.05, 3.63) is 77.4 Å². The predicted molar refractivity (Wildman–Crippen MR) is 96.6 cm³/mol. The highest BCUT2D eigenvalue weighted by molar-refractivity contribution is 5.92. The van der Waals surface area contributed by atoms with Crippen molar-refractivity contribution in [3.63, 3.8) is 0 Å². The Kier molecular flexibility index (Phi) is 4.99. The van der Waals surface area contributed by atoms with Gasteiger partial charge in [-0.05, 0) is 44.2 Å². The lowest BCUT2D eigenvalue weighted by atomic mass is 10.2. The predicted octanol–water partition coefficient (Wildman–Crippen LogP) is 3.16. The van der Waals surface area contributed by atoms with Gasteiger partial charge in [-0.1, -0.05) is 23.8 Å². The summed E-state index contributed by atoms with van der Waals surface area (Å²) >= 11 is 0. The first-order valence-corrected chi connectivity index (χ1v) is 7.97. The average molecular weight is 333 g/mol. The first-order valence-electron chi connectivity index (χ1n) is 7.97. The van der Waals surface area contributed by atoms with Crippen molar-refractivity contribution in [2.24, 2.45) is 0 Å². The Morgan fingerprint density at radius 1 is 1.04 bits per heavy atom. The Labute approximate surface area is 146 Å². The van der Waals surface area contributed by atoms with Crippen molar-refractivity contribution in [1.82, 2.24) is 20.3 Å². The van der Waals surface area contributed by atoms with Crippen LogP contribution < -0.4 is 10.6 Å². The fraction of sp³-hybridized carbons (Fsp3) is 0.158. The van der Waals surface area contributed by atoms with Gasteiger partial charge in [0.25, 0.3) is 5.91 Å². The maximum Gasteiger partial charge on any atom is 0.270 e. The first-order chi connectivity index (χ1) is 12.1. The number of anilines is 2. The Morgan fingerprint density at radius 2 is 1.84 bits per heavy atom. The van der Waals surface area contributed by atoms with Gasteiger partial charge in [-0.25, -0.2) is 9.97 Å². The molecule has 6 nitrogen and oxygen atoms in total. The number of nitrogens with one attached hydrogen (secondary N) is 2. The van der Waals surface area contributed by atoms with E-state index in [1.807, 2.05) is 56.3 Å². The van der Waals surface area contributed by atoms with Crippen LogP contribution in [0, 0.1) is 13.8 Å². The van der Waals surface area contributed by atoms with Gasteiger partial charge in [0.2, 0.25) is 5.95 Å². The molecule has 2 heterocycles. The molecule has 0 bridgehead atoms. The fourth-order valence-electron chi connectivity index (χ4n) is 2.27. The van der Waals surface area contributed by atoms with E-state index in [0.717, 1.165) is 11.4 Å².